The van der Waals surface area contributed by atoms with Crippen LogP contribution >= 0.6 is 15.9 Å². The van der Waals surface area contributed by atoms with Crippen LogP contribution in [0.1, 0.15) is 26.3 Å². The van der Waals surface area contributed by atoms with Crippen molar-refractivity contribution >= 4 is 34.0 Å². The van der Waals surface area contributed by atoms with Crippen LogP contribution in [0.15, 0.2) is 27.8 Å². The second-order valence-corrected chi connectivity index (χ2v) is 5.30. The molecule has 2 N–H and O–H groups in total. The number of nitrogens with zero attached hydrogens (tertiary/aromatic N) is 1. The first kappa shape index (κ1) is 17.2. The number of amides is 2. The minimum Gasteiger partial charge on any atom is -0.493 e. The van der Waals surface area contributed by atoms with Crippen molar-refractivity contribution in [1.29, 1.82) is 0 Å². The number of nitrogens with one attached hydrogen (secondary N) is 2. The number of hydrazone groups is 1. The van der Waals surface area contributed by atoms with Crippen LogP contribution in [0.3, 0.4) is 0 Å². The summed E-state index contributed by atoms with van der Waals surface area (Å²) in [7, 11) is 0. The van der Waals surface area contributed by atoms with Gasteiger partial charge in [0.05, 0.1) is 17.3 Å². The Kier molecular flexibility index (Phi) is 6.87. The van der Waals surface area contributed by atoms with Gasteiger partial charge in [-0.15, -0.1) is 0 Å². The van der Waals surface area contributed by atoms with E-state index in [-0.39, 0.29) is 6.04 Å². The van der Waals surface area contributed by atoms with Crippen LogP contribution in [0, 0.1) is 0 Å². The molecule has 0 aromatic heterocycles. The van der Waals surface area contributed by atoms with Crippen molar-refractivity contribution in [2.75, 3.05) is 6.61 Å². The first-order chi connectivity index (χ1) is 9.93. The number of benzene rings is 1. The molecule has 0 fully saturated rings. The number of rotatable bonds is 5. The second-order valence-electron chi connectivity index (χ2n) is 4.45. The maximum absolute atomic E-state index is 11.4. The van der Waals surface area contributed by atoms with Crippen molar-refractivity contribution in [3.8, 4) is 5.75 Å². The van der Waals surface area contributed by atoms with Crippen LogP contribution in [-0.4, -0.2) is 30.7 Å². The van der Waals surface area contributed by atoms with Gasteiger partial charge in [-0.2, -0.15) is 5.10 Å². The molecule has 1 aromatic rings. The normalized spacial score (nSPS) is 10.7. The molecule has 1 rings (SSSR count). The number of carbonyl (C=O) groups is 2. The molecular formula is C14H18BrN3O3. The van der Waals surface area contributed by atoms with Gasteiger partial charge in [0.25, 0.3) is 0 Å². The van der Waals surface area contributed by atoms with Crippen LogP contribution in [0.4, 0.5) is 0 Å². The monoisotopic (exact) mass is 355 g/mol. The molecule has 21 heavy (non-hydrogen) atoms. The Morgan fingerprint density at radius 1 is 1.38 bits per heavy atom. The molecule has 0 unspecified atom stereocenters. The lowest BCUT2D eigenvalue weighted by Gasteiger charge is -2.06. The SMILES string of the molecule is CCOc1ccc(/C=N\NC(=O)C(=O)NC(C)C)cc1Br. The van der Waals surface area contributed by atoms with Gasteiger partial charge in [0.15, 0.2) is 0 Å². The van der Waals surface area contributed by atoms with Crippen LogP contribution in [0.5, 0.6) is 5.75 Å². The van der Waals surface area contributed by atoms with Crippen molar-refractivity contribution in [2.24, 2.45) is 5.10 Å². The lowest BCUT2D eigenvalue weighted by atomic mass is 10.2. The molecule has 0 saturated heterocycles. The largest absolute Gasteiger partial charge is 0.493 e. The predicted molar refractivity (Wildman–Crippen MR) is 84.3 cm³/mol. The van der Waals surface area contributed by atoms with E-state index in [9.17, 15) is 9.59 Å². The third kappa shape index (κ3) is 5.95. The highest BCUT2D eigenvalue weighted by atomic mass is 79.9. The molecular weight excluding hydrogens is 338 g/mol. The van der Waals surface area contributed by atoms with Gasteiger partial charge in [-0.25, -0.2) is 5.43 Å². The van der Waals surface area contributed by atoms with E-state index in [0.717, 1.165) is 15.8 Å². The number of ether oxygens (including phenoxy) is 1. The van der Waals surface area contributed by atoms with Gasteiger partial charge in [-0.3, -0.25) is 9.59 Å². The summed E-state index contributed by atoms with van der Waals surface area (Å²) in [5, 5.41) is 6.21. The van der Waals surface area contributed by atoms with Gasteiger partial charge in [-0.1, -0.05) is 0 Å². The highest BCUT2D eigenvalue weighted by Gasteiger charge is 2.12. The number of halogens is 1. The van der Waals surface area contributed by atoms with Gasteiger partial charge >= 0.3 is 11.8 Å². The molecule has 6 nitrogen and oxygen atoms in total. The Balaban J connectivity index is 2.59. The van der Waals surface area contributed by atoms with Gasteiger partial charge < -0.3 is 10.1 Å². The van der Waals surface area contributed by atoms with E-state index in [4.69, 9.17) is 4.74 Å². The fourth-order valence-electron chi connectivity index (χ4n) is 1.41. The van der Waals surface area contributed by atoms with E-state index in [1.807, 2.05) is 6.92 Å². The molecule has 7 heteroatoms. The van der Waals surface area contributed by atoms with Crippen LogP contribution in [0.25, 0.3) is 0 Å². The molecule has 0 aliphatic rings. The Morgan fingerprint density at radius 2 is 2.10 bits per heavy atom. The van der Waals surface area contributed by atoms with Crippen LogP contribution < -0.4 is 15.5 Å². The molecule has 1 aromatic carbocycles. The zero-order valence-corrected chi connectivity index (χ0v) is 13.7. The van der Waals surface area contributed by atoms with Crippen molar-refractivity contribution in [3.05, 3.63) is 28.2 Å². The summed E-state index contributed by atoms with van der Waals surface area (Å²) >= 11 is 3.38. The van der Waals surface area contributed by atoms with Gasteiger partial charge in [0.1, 0.15) is 5.75 Å². The zero-order chi connectivity index (χ0) is 15.8. The summed E-state index contributed by atoms with van der Waals surface area (Å²) in [6, 6.07) is 5.28. The van der Waals surface area contributed by atoms with Gasteiger partial charge in [-0.05, 0) is 60.5 Å². The molecule has 0 aliphatic carbocycles. The predicted octanol–water partition coefficient (Wildman–Crippen LogP) is 1.82. The fourth-order valence-corrected chi connectivity index (χ4v) is 1.92. The molecule has 0 atom stereocenters. The average Bonchev–Trinajstić information content (AvgIpc) is 2.41. The molecule has 0 saturated carbocycles. The van der Waals surface area contributed by atoms with E-state index in [1.165, 1.54) is 6.21 Å². The van der Waals surface area contributed by atoms with Crippen LogP contribution in [0.2, 0.25) is 0 Å². The first-order valence-electron chi connectivity index (χ1n) is 6.50. The Hall–Kier alpha value is -1.89. The second kappa shape index (κ2) is 8.41. The molecule has 2 amide bonds. The van der Waals surface area contributed by atoms with Crippen molar-refractivity contribution in [1.82, 2.24) is 10.7 Å². The Morgan fingerprint density at radius 3 is 2.67 bits per heavy atom. The molecule has 0 heterocycles. The van der Waals surface area contributed by atoms with E-state index >= 15 is 0 Å². The van der Waals surface area contributed by atoms with E-state index in [1.54, 1.807) is 32.0 Å². The fraction of sp³-hybridized carbons (Fsp3) is 0.357. The summed E-state index contributed by atoms with van der Waals surface area (Å²) in [4.78, 5) is 22.8. The summed E-state index contributed by atoms with van der Waals surface area (Å²) < 4.78 is 6.18. The quantitative estimate of drug-likeness (QED) is 0.480. The molecule has 114 valence electrons. The highest BCUT2D eigenvalue weighted by Crippen LogP contribution is 2.25. The Labute approximate surface area is 132 Å². The van der Waals surface area contributed by atoms with Gasteiger partial charge in [0, 0.05) is 6.04 Å². The summed E-state index contributed by atoms with van der Waals surface area (Å²) in [6.45, 7) is 6.02. The number of carbonyl (C=O) groups excluding carboxylic acids is 2. The van der Waals surface area contributed by atoms with Crippen molar-refractivity contribution in [3.63, 3.8) is 0 Å². The summed E-state index contributed by atoms with van der Waals surface area (Å²) in [5.74, 6) is -0.782. The maximum Gasteiger partial charge on any atom is 0.329 e. The van der Waals surface area contributed by atoms with Crippen molar-refractivity contribution in [2.45, 2.75) is 26.8 Å². The van der Waals surface area contributed by atoms with Crippen molar-refractivity contribution < 1.29 is 14.3 Å². The molecule has 0 spiro atoms. The maximum atomic E-state index is 11.4. The highest BCUT2D eigenvalue weighted by molar-refractivity contribution is 9.10. The smallest absolute Gasteiger partial charge is 0.329 e. The third-order valence-electron chi connectivity index (χ3n) is 2.26. The summed E-state index contributed by atoms with van der Waals surface area (Å²) in [6.07, 6.45) is 1.45. The Bertz CT molecular complexity index is 544. The molecule has 0 aliphatic heterocycles. The average molecular weight is 356 g/mol. The van der Waals surface area contributed by atoms with Gasteiger partial charge in [0.2, 0.25) is 0 Å². The standard InChI is InChI=1S/C14H18BrN3O3/c1-4-21-12-6-5-10(7-11(12)15)8-16-18-14(20)13(19)17-9(2)3/h5-9H,4H2,1-3H3,(H,17,19)(H,18,20)/b16-8-. The lowest BCUT2D eigenvalue weighted by molar-refractivity contribution is -0.139. The van der Waals surface area contributed by atoms with Crippen LogP contribution in [-0.2, 0) is 9.59 Å². The molecule has 0 bridgehead atoms. The number of hydrogen-bond donors (Lipinski definition) is 2. The van der Waals surface area contributed by atoms with E-state index in [0.29, 0.717) is 6.61 Å². The molecule has 0 radical (unpaired) electrons. The lowest BCUT2D eigenvalue weighted by Crippen LogP contribution is -2.41. The third-order valence-corrected chi connectivity index (χ3v) is 2.88. The first-order valence-corrected chi connectivity index (χ1v) is 7.29. The minimum absolute atomic E-state index is 0.103. The van der Waals surface area contributed by atoms with E-state index < -0.39 is 11.8 Å². The topological polar surface area (TPSA) is 79.8 Å². The number of hydrogen-bond acceptors (Lipinski definition) is 4. The minimum atomic E-state index is -0.801. The summed E-state index contributed by atoms with van der Waals surface area (Å²) in [5.41, 5.74) is 2.93. The zero-order valence-electron chi connectivity index (χ0n) is 12.1. The van der Waals surface area contributed by atoms with E-state index in [2.05, 4.69) is 31.8 Å².